The number of hydrogen-bond acceptors (Lipinski definition) is 1. The molecule has 0 spiro atoms. The van der Waals surface area contributed by atoms with E-state index in [1.54, 1.807) is 6.92 Å². The maximum Gasteiger partial charge on any atom is 0.401 e. The molecule has 0 aromatic heterocycles. The van der Waals surface area contributed by atoms with Crippen molar-refractivity contribution in [3.63, 3.8) is 0 Å². The summed E-state index contributed by atoms with van der Waals surface area (Å²) in [4.78, 5) is 0.244. The average Bonchev–Trinajstić information content (AvgIpc) is 1.80. The van der Waals surface area contributed by atoms with Gasteiger partial charge in [-0.2, -0.15) is 13.2 Å². The summed E-state index contributed by atoms with van der Waals surface area (Å²) in [6, 6.07) is -0.110. The Hall–Kier alpha value is 0.230. The lowest BCUT2D eigenvalue weighted by atomic mass is 10.2. The van der Waals surface area contributed by atoms with Crippen LogP contribution in [-0.2, 0) is 0 Å². The Morgan fingerprint density at radius 1 is 1.33 bits per heavy atom. The first-order chi connectivity index (χ1) is 5.31. The number of rotatable bonds is 4. The van der Waals surface area contributed by atoms with E-state index >= 15 is 0 Å². The highest BCUT2D eigenvalue weighted by molar-refractivity contribution is 9.09. The molecule has 2 atom stereocenters. The van der Waals surface area contributed by atoms with Gasteiger partial charge in [-0.1, -0.05) is 22.9 Å². The number of alkyl halides is 4. The molecule has 0 aromatic rings. The number of halogens is 4. The maximum atomic E-state index is 11.7. The summed E-state index contributed by atoms with van der Waals surface area (Å²) in [5.74, 6) is 0. The normalized spacial score (nSPS) is 17.5. The molecule has 0 amide bonds. The maximum absolute atomic E-state index is 11.7. The highest BCUT2D eigenvalue weighted by atomic mass is 79.9. The van der Waals surface area contributed by atoms with Crippen molar-refractivity contribution >= 4 is 15.9 Å². The summed E-state index contributed by atoms with van der Waals surface area (Å²) in [7, 11) is 0. The molecule has 0 aliphatic rings. The van der Waals surface area contributed by atoms with Gasteiger partial charge in [0.25, 0.3) is 0 Å². The Kier molecular flexibility index (Phi) is 5.16. The van der Waals surface area contributed by atoms with E-state index in [2.05, 4.69) is 21.2 Å². The first kappa shape index (κ1) is 12.2. The Labute approximate surface area is 78.8 Å². The zero-order valence-electron chi connectivity index (χ0n) is 7.08. The summed E-state index contributed by atoms with van der Waals surface area (Å²) in [5.41, 5.74) is 0. The number of hydrogen-bond donors (Lipinski definition) is 1. The largest absolute Gasteiger partial charge is 0.401 e. The van der Waals surface area contributed by atoms with E-state index in [9.17, 15) is 13.2 Å². The summed E-state index contributed by atoms with van der Waals surface area (Å²) in [6.45, 7) is 2.74. The van der Waals surface area contributed by atoms with E-state index in [1.165, 1.54) is 0 Å². The molecule has 0 aliphatic carbocycles. The summed E-state index contributed by atoms with van der Waals surface area (Å²) in [5, 5.41) is 2.40. The van der Waals surface area contributed by atoms with Gasteiger partial charge >= 0.3 is 6.18 Å². The molecule has 0 saturated heterocycles. The molecule has 12 heavy (non-hydrogen) atoms. The predicted molar refractivity (Wildman–Crippen MR) is 46.5 cm³/mol. The molecule has 0 saturated carbocycles. The van der Waals surface area contributed by atoms with Crippen LogP contribution in [0.5, 0.6) is 0 Å². The highest BCUT2D eigenvalue weighted by Gasteiger charge is 2.27. The zero-order chi connectivity index (χ0) is 9.78. The molecule has 2 unspecified atom stereocenters. The minimum absolute atomic E-state index is 0.110. The second-order valence-corrected chi connectivity index (χ2v) is 4.48. The topological polar surface area (TPSA) is 12.0 Å². The van der Waals surface area contributed by atoms with Crippen molar-refractivity contribution < 1.29 is 13.2 Å². The fourth-order valence-electron chi connectivity index (χ4n) is 0.860. The lowest BCUT2D eigenvalue weighted by Gasteiger charge is -2.16. The van der Waals surface area contributed by atoms with Crippen molar-refractivity contribution in [1.29, 1.82) is 0 Å². The quantitative estimate of drug-likeness (QED) is 0.754. The molecule has 0 aliphatic heterocycles. The van der Waals surface area contributed by atoms with E-state index in [1.807, 2.05) is 6.92 Å². The van der Waals surface area contributed by atoms with Gasteiger partial charge in [0.2, 0.25) is 0 Å². The van der Waals surface area contributed by atoms with Crippen LogP contribution in [0, 0.1) is 0 Å². The highest BCUT2D eigenvalue weighted by Crippen LogP contribution is 2.13. The Morgan fingerprint density at radius 2 is 1.83 bits per heavy atom. The van der Waals surface area contributed by atoms with Crippen LogP contribution in [0.4, 0.5) is 13.2 Å². The lowest BCUT2D eigenvalue weighted by molar-refractivity contribution is -0.126. The molecule has 74 valence electrons. The molecule has 0 fully saturated rings. The van der Waals surface area contributed by atoms with E-state index in [0.29, 0.717) is 6.42 Å². The van der Waals surface area contributed by atoms with Crippen LogP contribution in [0.15, 0.2) is 0 Å². The molecule has 1 nitrogen and oxygen atoms in total. The molecule has 0 bridgehead atoms. The zero-order valence-corrected chi connectivity index (χ0v) is 8.67. The molecule has 0 heterocycles. The van der Waals surface area contributed by atoms with Gasteiger partial charge in [-0.25, -0.2) is 0 Å². The van der Waals surface area contributed by atoms with Crippen molar-refractivity contribution in [2.75, 3.05) is 6.54 Å². The van der Waals surface area contributed by atoms with Gasteiger partial charge in [0.15, 0.2) is 0 Å². The van der Waals surface area contributed by atoms with Gasteiger partial charge < -0.3 is 5.32 Å². The average molecular weight is 248 g/mol. The van der Waals surface area contributed by atoms with Crippen LogP contribution in [0.3, 0.4) is 0 Å². The first-order valence-electron chi connectivity index (χ1n) is 3.75. The van der Waals surface area contributed by atoms with E-state index in [0.717, 1.165) is 0 Å². The second kappa shape index (κ2) is 5.07. The molecule has 0 radical (unpaired) electrons. The molecule has 5 heteroatoms. The smallest absolute Gasteiger partial charge is 0.306 e. The minimum atomic E-state index is -4.11. The SMILES string of the molecule is CC(Br)CC(C)NCC(F)(F)F. The molecule has 1 N–H and O–H groups in total. The summed E-state index contributed by atoms with van der Waals surface area (Å²) >= 11 is 3.27. The first-order valence-corrected chi connectivity index (χ1v) is 4.67. The van der Waals surface area contributed by atoms with Crippen LogP contribution in [-0.4, -0.2) is 23.6 Å². The van der Waals surface area contributed by atoms with Gasteiger partial charge in [-0.05, 0) is 13.3 Å². The third kappa shape index (κ3) is 8.33. The van der Waals surface area contributed by atoms with Crippen LogP contribution in [0.2, 0.25) is 0 Å². The van der Waals surface area contributed by atoms with Crippen molar-refractivity contribution in [3.05, 3.63) is 0 Å². The molecular weight excluding hydrogens is 235 g/mol. The Bertz CT molecular complexity index is 124. The van der Waals surface area contributed by atoms with Gasteiger partial charge in [0.05, 0.1) is 6.54 Å². The Morgan fingerprint density at radius 3 is 2.17 bits per heavy atom. The summed E-state index contributed by atoms with van der Waals surface area (Å²) < 4.78 is 35.0. The third-order valence-electron chi connectivity index (χ3n) is 1.33. The van der Waals surface area contributed by atoms with Crippen LogP contribution in [0.25, 0.3) is 0 Å². The van der Waals surface area contributed by atoms with Gasteiger partial charge in [-0.15, -0.1) is 0 Å². The number of nitrogens with one attached hydrogen (secondary N) is 1. The van der Waals surface area contributed by atoms with E-state index in [4.69, 9.17) is 0 Å². The fourth-order valence-corrected chi connectivity index (χ4v) is 1.42. The second-order valence-electron chi connectivity index (χ2n) is 2.91. The standard InChI is InChI=1S/C7H13BrF3N/c1-5(8)3-6(2)12-4-7(9,10)11/h5-6,12H,3-4H2,1-2H3. The van der Waals surface area contributed by atoms with E-state index in [-0.39, 0.29) is 10.9 Å². The molecular formula is C7H13BrF3N. The monoisotopic (exact) mass is 247 g/mol. The molecule has 0 aromatic carbocycles. The van der Waals surface area contributed by atoms with E-state index < -0.39 is 12.7 Å². The molecule has 0 rings (SSSR count). The third-order valence-corrected chi connectivity index (χ3v) is 1.70. The van der Waals surface area contributed by atoms with Crippen molar-refractivity contribution in [3.8, 4) is 0 Å². The van der Waals surface area contributed by atoms with Crippen LogP contribution in [0.1, 0.15) is 20.3 Å². The Balaban J connectivity index is 3.51. The minimum Gasteiger partial charge on any atom is -0.306 e. The van der Waals surface area contributed by atoms with Gasteiger partial charge in [0, 0.05) is 10.9 Å². The van der Waals surface area contributed by atoms with Crippen LogP contribution < -0.4 is 5.32 Å². The van der Waals surface area contributed by atoms with Crippen LogP contribution >= 0.6 is 15.9 Å². The van der Waals surface area contributed by atoms with Gasteiger partial charge in [-0.3, -0.25) is 0 Å². The van der Waals surface area contributed by atoms with Crippen molar-refractivity contribution in [2.24, 2.45) is 0 Å². The fraction of sp³-hybridized carbons (Fsp3) is 1.00. The van der Waals surface area contributed by atoms with Crippen molar-refractivity contribution in [1.82, 2.24) is 5.32 Å². The lowest BCUT2D eigenvalue weighted by Crippen LogP contribution is -2.36. The predicted octanol–water partition coefficient (Wildman–Crippen LogP) is 2.70. The summed E-state index contributed by atoms with van der Waals surface area (Å²) in [6.07, 6.45) is -3.42. The van der Waals surface area contributed by atoms with Gasteiger partial charge in [0.1, 0.15) is 0 Å². The van der Waals surface area contributed by atoms with Crippen molar-refractivity contribution in [2.45, 2.75) is 37.3 Å².